The Labute approximate surface area is 102 Å². The average Bonchev–Trinajstić information content (AvgIpc) is 2.91. The van der Waals surface area contributed by atoms with Gasteiger partial charge in [0.25, 0.3) is 0 Å². The number of aryl methyl sites for hydroxylation is 3. The van der Waals surface area contributed by atoms with E-state index in [9.17, 15) is 0 Å². The minimum Gasteiger partial charge on any atom is -0.459 e. The molecule has 1 N–H and O–H groups in total. The van der Waals surface area contributed by atoms with Gasteiger partial charge in [0, 0.05) is 5.39 Å². The van der Waals surface area contributed by atoms with Gasteiger partial charge in [-0.3, -0.25) is 0 Å². The van der Waals surface area contributed by atoms with E-state index in [4.69, 9.17) is 4.42 Å². The number of nitrogens with one attached hydrogen (secondary N) is 1. The monoisotopic (exact) mass is 229 g/mol. The van der Waals surface area contributed by atoms with Crippen LogP contribution >= 0.6 is 0 Å². The summed E-state index contributed by atoms with van der Waals surface area (Å²) in [5.74, 6) is 1.08. The number of benzene rings is 1. The molecule has 1 aliphatic carbocycles. The van der Waals surface area contributed by atoms with Crippen LogP contribution in [0.1, 0.15) is 41.8 Å². The van der Waals surface area contributed by atoms with Crippen molar-refractivity contribution in [2.24, 2.45) is 0 Å². The Balaban J connectivity index is 2.20. The van der Waals surface area contributed by atoms with E-state index in [1.807, 2.05) is 7.05 Å². The van der Waals surface area contributed by atoms with Crippen LogP contribution in [0.4, 0.5) is 0 Å². The molecule has 1 atom stereocenters. The lowest BCUT2D eigenvalue weighted by Crippen LogP contribution is -2.12. The Morgan fingerprint density at radius 3 is 2.65 bits per heavy atom. The van der Waals surface area contributed by atoms with Crippen LogP contribution in [0.3, 0.4) is 0 Å². The van der Waals surface area contributed by atoms with E-state index in [1.54, 1.807) is 0 Å². The van der Waals surface area contributed by atoms with Gasteiger partial charge in [0.05, 0.1) is 6.04 Å². The van der Waals surface area contributed by atoms with Crippen LogP contribution in [0, 0.1) is 6.92 Å². The van der Waals surface area contributed by atoms with Gasteiger partial charge in [0.1, 0.15) is 11.3 Å². The number of hydrogen-bond acceptors (Lipinski definition) is 2. The Hall–Kier alpha value is -1.28. The highest BCUT2D eigenvalue weighted by molar-refractivity contribution is 5.84. The number of rotatable bonds is 2. The largest absolute Gasteiger partial charge is 0.459 e. The quantitative estimate of drug-likeness (QED) is 0.852. The predicted molar refractivity (Wildman–Crippen MR) is 70.5 cm³/mol. The molecule has 1 aliphatic rings. The van der Waals surface area contributed by atoms with Gasteiger partial charge in [0.2, 0.25) is 0 Å². The molecule has 2 heteroatoms. The molecule has 0 saturated heterocycles. The summed E-state index contributed by atoms with van der Waals surface area (Å²) in [6.07, 6.45) is 3.73. The molecule has 0 amide bonds. The molecule has 0 bridgehead atoms. The lowest BCUT2D eigenvalue weighted by molar-refractivity contribution is 0.471. The second-order valence-corrected chi connectivity index (χ2v) is 5.07. The molecule has 17 heavy (non-hydrogen) atoms. The van der Waals surface area contributed by atoms with E-state index in [-0.39, 0.29) is 6.04 Å². The van der Waals surface area contributed by atoms with Crippen molar-refractivity contribution in [3.8, 4) is 0 Å². The first-order valence-electron chi connectivity index (χ1n) is 6.42. The molecule has 0 aliphatic heterocycles. The smallest absolute Gasteiger partial charge is 0.134 e. The number of furan rings is 1. The molecule has 90 valence electrons. The zero-order valence-electron chi connectivity index (χ0n) is 10.8. The second-order valence-electron chi connectivity index (χ2n) is 5.07. The van der Waals surface area contributed by atoms with Gasteiger partial charge in [-0.25, -0.2) is 0 Å². The third-order valence-electron chi connectivity index (χ3n) is 4.01. The summed E-state index contributed by atoms with van der Waals surface area (Å²) < 4.78 is 6.01. The Bertz CT molecular complexity index is 568. The molecule has 1 aromatic carbocycles. The van der Waals surface area contributed by atoms with Crippen molar-refractivity contribution in [1.29, 1.82) is 0 Å². The summed E-state index contributed by atoms with van der Waals surface area (Å²) >= 11 is 0. The van der Waals surface area contributed by atoms with E-state index in [1.165, 1.54) is 41.3 Å². The van der Waals surface area contributed by atoms with E-state index >= 15 is 0 Å². The Morgan fingerprint density at radius 2 is 1.94 bits per heavy atom. The van der Waals surface area contributed by atoms with Crippen LogP contribution in [-0.2, 0) is 12.8 Å². The summed E-state index contributed by atoms with van der Waals surface area (Å²) in [6, 6.07) is 4.86. The maximum absolute atomic E-state index is 6.01. The van der Waals surface area contributed by atoms with Crippen molar-refractivity contribution >= 4 is 11.0 Å². The van der Waals surface area contributed by atoms with Crippen molar-refractivity contribution in [2.75, 3.05) is 7.05 Å². The van der Waals surface area contributed by atoms with Gasteiger partial charge in [-0.2, -0.15) is 0 Å². The van der Waals surface area contributed by atoms with Gasteiger partial charge < -0.3 is 9.73 Å². The first kappa shape index (κ1) is 10.8. The minimum atomic E-state index is 0.275. The first-order chi connectivity index (χ1) is 8.20. The molecule has 0 fully saturated rings. The highest BCUT2D eigenvalue weighted by Crippen LogP contribution is 2.34. The van der Waals surface area contributed by atoms with Crippen molar-refractivity contribution in [3.05, 3.63) is 34.6 Å². The molecule has 2 aromatic rings. The number of fused-ring (bicyclic) bond motifs is 2. The normalized spacial score (nSPS) is 16.4. The molecule has 0 radical (unpaired) electrons. The molecule has 0 saturated carbocycles. The fourth-order valence-corrected chi connectivity index (χ4v) is 2.85. The molecule has 1 heterocycles. The van der Waals surface area contributed by atoms with E-state index in [2.05, 4.69) is 31.3 Å². The number of hydrogen-bond donors (Lipinski definition) is 1. The summed E-state index contributed by atoms with van der Waals surface area (Å²) in [5.41, 5.74) is 5.34. The Morgan fingerprint density at radius 1 is 1.24 bits per heavy atom. The maximum atomic E-state index is 6.01. The third kappa shape index (κ3) is 1.59. The predicted octanol–water partition coefficient (Wildman–Crippen LogP) is 3.51. The maximum Gasteiger partial charge on any atom is 0.134 e. The van der Waals surface area contributed by atoms with Crippen LogP contribution in [0.15, 0.2) is 16.5 Å². The first-order valence-corrected chi connectivity index (χ1v) is 6.42. The van der Waals surface area contributed by atoms with Gasteiger partial charge in [-0.15, -0.1) is 0 Å². The van der Waals surface area contributed by atoms with Crippen LogP contribution in [-0.4, -0.2) is 7.05 Å². The molecular formula is C15H19NO. The fraction of sp³-hybridized carbons (Fsp3) is 0.467. The van der Waals surface area contributed by atoms with E-state index < -0.39 is 0 Å². The highest BCUT2D eigenvalue weighted by atomic mass is 16.3. The van der Waals surface area contributed by atoms with Crippen LogP contribution in [0.2, 0.25) is 0 Å². The van der Waals surface area contributed by atoms with Crippen molar-refractivity contribution < 1.29 is 4.42 Å². The van der Waals surface area contributed by atoms with Crippen molar-refractivity contribution in [2.45, 2.75) is 39.2 Å². The Kier molecular flexibility index (Phi) is 2.48. The summed E-state index contributed by atoms with van der Waals surface area (Å²) in [5, 5.41) is 4.54. The highest BCUT2D eigenvalue weighted by Gasteiger charge is 2.19. The van der Waals surface area contributed by atoms with Gasteiger partial charge in [0.15, 0.2) is 0 Å². The minimum absolute atomic E-state index is 0.275. The summed E-state index contributed by atoms with van der Waals surface area (Å²) in [6.45, 7) is 4.30. The second kappa shape index (κ2) is 3.88. The molecule has 1 aromatic heterocycles. The molecule has 0 spiro atoms. The topological polar surface area (TPSA) is 25.2 Å². The summed E-state index contributed by atoms with van der Waals surface area (Å²) in [7, 11) is 1.97. The van der Waals surface area contributed by atoms with Crippen molar-refractivity contribution in [1.82, 2.24) is 5.32 Å². The standard InChI is InChI=1S/C15H19NO/c1-9-13-7-11-5-4-6-12(11)8-14(13)17-15(9)10(2)16-3/h7-8,10,16H,4-6H2,1-3H3. The average molecular weight is 229 g/mol. The lowest BCUT2D eigenvalue weighted by Gasteiger charge is -2.06. The molecule has 2 nitrogen and oxygen atoms in total. The molecule has 1 unspecified atom stereocenters. The molecule has 3 rings (SSSR count). The molecular weight excluding hydrogens is 210 g/mol. The fourth-order valence-electron chi connectivity index (χ4n) is 2.85. The van der Waals surface area contributed by atoms with Crippen LogP contribution in [0.5, 0.6) is 0 Å². The van der Waals surface area contributed by atoms with Crippen molar-refractivity contribution in [3.63, 3.8) is 0 Å². The third-order valence-corrected chi connectivity index (χ3v) is 4.01. The van der Waals surface area contributed by atoms with Crippen LogP contribution in [0.25, 0.3) is 11.0 Å². The van der Waals surface area contributed by atoms with Gasteiger partial charge in [-0.05, 0) is 69.0 Å². The SMILES string of the molecule is CNC(C)c1oc2cc3c(cc2c1C)CCC3. The zero-order valence-corrected chi connectivity index (χ0v) is 10.8. The zero-order chi connectivity index (χ0) is 12.0. The van der Waals surface area contributed by atoms with Crippen LogP contribution < -0.4 is 5.32 Å². The summed E-state index contributed by atoms with van der Waals surface area (Å²) in [4.78, 5) is 0. The van der Waals surface area contributed by atoms with E-state index in [0.717, 1.165) is 11.3 Å². The van der Waals surface area contributed by atoms with Gasteiger partial charge in [-0.1, -0.05) is 0 Å². The lowest BCUT2D eigenvalue weighted by atomic mass is 10.0. The van der Waals surface area contributed by atoms with E-state index in [0.29, 0.717) is 0 Å². The van der Waals surface area contributed by atoms with Gasteiger partial charge >= 0.3 is 0 Å².